The Morgan fingerprint density at radius 1 is 1.15 bits per heavy atom. The van der Waals surface area contributed by atoms with Crippen molar-refractivity contribution in [2.45, 2.75) is 40.0 Å². The number of hydrogen-bond donors (Lipinski definition) is 1. The molecule has 2 aromatic rings. The standard InChI is InChI=1S/C16H23N3O/c1-4-8-17-9-5-6-15-12(2)18-16(19-13(15)3)14-7-10-20-11-14/h7,10-11,17H,4-6,8-9H2,1-3H3. The summed E-state index contributed by atoms with van der Waals surface area (Å²) in [6.45, 7) is 8.45. The highest BCUT2D eigenvalue weighted by Gasteiger charge is 2.10. The summed E-state index contributed by atoms with van der Waals surface area (Å²) in [4.78, 5) is 9.20. The Morgan fingerprint density at radius 2 is 1.90 bits per heavy atom. The van der Waals surface area contributed by atoms with Gasteiger partial charge in [-0.1, -0.05) is 6.92 Å². The van der Waals surface area contributed by atoms with E-state index >= 15 is 0 Å². The molecule has 0 amide bonds. The highest BCUT2D eigenvalue weighted by atomic mass is 16.3. The lowest BCUT2D eigenvalue weighted by Crippen LogP contribution is -2.17. The molecule has 0 saturated heterocycles. The fraction of sp³-hybridized carbons (Fsp3) is 0.500. The van der Waals surface area contributed by atoms with Crippen LogP contribution < -0.4 is 5.32 Å². The predicted octanol–water partition coefficient (Wildman–Crippen LogP) is 3.29. The lowest BCUT2D eigenvalue weighted by molar-refractivity contribution is 0.568. The zero-order valence-electron chi connectivity index (χ0n) is 12.6. The van der Waals surface area contributed by atoms with E-state index in [1.165, 1.54) is 12.0 Å². The normalized spacial score (nSPS) is 10.9. The lowest BCUT2D eigenvalue weighted by atomic mass is 10.1. The fourth-order valence-electron chi connectivity index (χ4n) is 2.31. The number of nitrogens with zero attached hydrogens (tertiary/aromatic N) is 2. The van der Waals surface area contributed by atoms with E-state index in [0.717, 1.165) is 48.7 Å². The van der Waals surface area contributed by atoms with Gasteiger partial charge < -0.3 is 9.73 Å². The van der Waals surface area contributed by atoms with E-state index in [1.807, 2.05) is 6.07 Å². The molecule has 0 aliphatic rings. The van der Waals surface area contributed by atoms with Crippen LogP contribution in [0, 0.1) is 13.8 Å². The van der Waals surface area contributed by atoms with Crippen molar-refractivity contribution in [3.63, 3.8) is 0 Å². The summed E-state index contributed by atoms with van der Waals surface area (Å²) in [6.07, 6.45) is 6.66. The highest BCUT2D eigenvalue weighted by molar-refractivity contribution is 5.53. The largest absolute Gasteiger partial charge is 0.472 e. The highest BCUT2D eigenvalue weighted by Crippen LogP contribution is 2.19. The van der Waals surface area contributed by atoms with E-state index in [4.69, 9.17) is 4.42 Å². The van der Waals surface area contributed by atoms with Crippen molar-refractivity contribution in [2.24, 2.45) is 0 Å². The van der Waals surface area contributed by atoms with Crippen molar-refractivity contribution in [1.29, 1.82) is 0 Å². The Morgan fingerprint density at radius 3 is 2.50 bits per heavy atom. The molecule has 2 aromatic heterocycles. The molecule has 4 nitrogen and oxygen atoms in total. The molecule has 2 rings (SSSR count). The quantitative estimate of drug-likeness (QED) is 0.786. The summed E-state index contributed by atoms with van der Waals surface area (Å²) in [6, 6.07) is 1.89. The first-order valence-corrected chi connectivity index (χ1v) is 7.29. The van der Waals surface area contributed by atoms with E-state index in [9.17, 15) is 0 Å². The second-order valence-electron chi connectivity index (χ2n) is 5.06. The maximum atomic E-state index is 5.09. The molecule has 20 heavy (non-hydrogen) atoms. The molecule has 0 aliphatic carbocycles. The zero-order chi connectivity index (χ0) is 14.4. The Kier molecular flexibility index (Phi) is 5.30. The Labute approximate surface area is 120 Å². The van der Waals surface area contributed by atoms with Crippen LogP contribution in [0.4, 0.5) is 0 Å². The van der Waals surface area contributed by atoms with Crippen LogP contribution in [0.3, 0.4) is 0 Å². The molecule has 4 heteroatoms. The molecule has 0 radical (unpaired) electrons. The SMILES string of the molecule is CCCNCCCc1c(C)nc(-c2ccoc2)nc1C. The van der Waals surface area contributed by atoms with Crippen LogP contribution in [0.5, 0.6) is 0 Å². The zero-order valence-corrected chi connectivity index (χ0v) is 12.6. The summed E-state index contributed by atoms with van der Waals surface area (Å²) in [7, 11) is 0. The minimum absolute atomic E-state index is 0.751. The molecule has 1 N–H and O–H groups in total. The monoisotopic (exact) mass is 273 g/mol. The van der Waals surface area contributed by atoms with Gasteiger partial charge in [-0.05, 0) is 57.8 Å². The van der Waals surface area contributed by atoms with Gasteiger partial charge >= 0.3 is 0 Å². The molecule has 0 spiro atoms. The summed E-state index contributed by atoms with van der Waals surface area (Å²) in [5.74, 6) is 0.751. The molecule has 108 valence electrons. The maximum Gasteiger partial charge on any atom is 0.162 e. The molecule has 0 bridgehead atoms. The average molecular weight is 273 g/mol. The van der Waals surface area contributed by atoms with Gasteiger partial charge in [0.05, 0.1) is 11.8 Å². The molecule has 0 fully saturated rings. The minimum atomic E-state index is 0.751. The van der Waals surface area contributed by atoms with Gasteiger partial charge in [0, 0.05) is 11.4 Å². The number of aromatic nitrogens is 2. The van der Waals surface area contributed by atoms with Gasteiger partial charge in [-0.2, -0.15) is 0 Å². The molecule has 0 aliphatic heterocycles. The second kappa shape index (κ2) is 7.20. The van der Waals surface area contributed by atoms with Crippen LogP contribution in [-0.2, 0) is 6.42 Å². The van der Waals surface area contributed by atoms with Crippen LogP contribution >= 0.6 is 0 Å². The summed E-state index contributed by atoms with van der Waals surface area (Å²) < 4.78 is 5.09. The molecular weight excluding hydrogens is 250 g/mol. The number of hydrogen-bond acceptors (Lipinski definition) is 4. The third-order valence-corrected chi connectivity index (χ3v) is 3.41. The van der Waals surface area contributed by atoms with Gasteiger partial charge in [0.15, 0.2) is 5.82 Å². The average Bonchev–Trinajstić information content (AvgIpc) is 2.95. The smallest absolute Gasteiger partial charge is 0.162 e. The van der Waals surface area contributed by atoms with Crippen LogP contribution in [0.1, 0.15) is 36.7 Å². The molecule has 0 aromatic carbocycles. The van der Waals surface area contributed by atoms with E-state index in [1.54, 1.807) is 12.5 Å². The topological polar surface area (TPSA) is 51.0 Å². The van der Waals surface area contributed by atoms with Crippen LogP contribution in [-0.4, -0.2) is 23.1 Å². The minimum Gasteiger partial charge on any atom is -0.472 e. The lowest BCUT2D eigenvalue weighted by Gasteiger charge is -2.10. The van der Waals surface area contributed by atoms with Gasteiger partial charge in [-0.3, -0.25) is 0 Å². The van der Waals surface area contributed by atoms with Gasteiger partial charge in [0.25, 0.3) is 0 Å². The molecule has 0 unspecified atom stereocenters. The Bertz CT molecular complexity index is 512. The number of furan rings is 1. The van der Waals surface area contributed by atoms with E-state index < -0.39 is 0 Å². The first-order chi connectivity index (χ1) is 9.72. The maximum absolute atomic E-state index is 5.09. The Hall–Kier alpha value is -1.68. The molecule has 0 saturated carbocycles. The molecular formula is C16H23N3O. The Balaban J connectivity index is 2.03. The van der Waals surface area contributed by atoms with Crippen LogP contribution in [0.2, 0.25) is 0 Å². The summed E-state index contributed by atoms with van der Waals surface area (Å²) in [5, 5.41) is 3.42. The van der Waals surface area contributed by atoms with E-state index in [0.29, 0.717) is 0 Å². The number of aryl methyl sites for hydroxylation is 2. The first-order valence-electron chi connectivity index (χ1n) is 7.29. The van der Waals surface area contributed by atoms with E-state index in [-0.39, 0.29) is 0 Å². The van der Waals surface area contributed by atoms with Crippen molar-refractivity contribution >= 4 is 0 Å². The van der Waals surface area contributed by atoms with Crippen molar-refractivity contribution < 1.29 is 4.42 Å². The third-order valence-electron chi connectivity index (χ3n) is 3.41. The third kappa shape index (κ3) is 3.67. The van der Waals surface area contributed by atoms with Gasteiger partial charge in [0.1, 0.15) is 6.26 Å². The molecule has 2 heterocycles. The summed E-state index contributed by atoms with van der Waals surface area (Å²) in [5.41, 5.74) is 4.36. The predicted molar refractivity (Wildman–Crippen MR) is 80.7 cm³/mol. The van der Waals surface area contributed by atoms with Crippen molar-refractivity contribution in [2.75, 3.05) is 13.1 Å². The summed E-state index contributed by atoms with van der Waals surface area (Å²) >= 11 is 0. The van der Waals surface area contributed by atoms with Crippen LogP contribution in [0.15, 0.2) is 23.0 Å². The first kappa shape index (κ1) is 14.7. The van der Waals surface area contributed by atoms with Crippen LogP contribution in [0.25, 0.3) is 11.4 Å². The number of rotatable bonds is 7. The van der Waals surface area contributed by atoms with Gasteiger partial charge in [-0.15, -0.1) is 0 Å². The van der Waals surface area contributed by atoms with Crippen molar-refractivity contribution in [1.82, 2.24) is 15.3 Å². The fourth-order valence-corrected chi connectivity index (χ4v) is 2.31. The number of nitrogens with one attached hydrogen (secondary N) is 1. The van der Waals surface area contributed by atoms with Gasteiger partial charge in [-0.25, -0.2) is 9.97 Å². The van der Waals surface area contributed by atoms with Gasteiger partial charge in [0.2, 0.25) is 0 Å². The van der Waals surface area contributed by atoms with Crippen molar-refractivity contribution in [3.05, 3.63) is 35.5 Å². The second-order valence-corrected chi connectivity index (χ2v) is 5.06. The molecule has 0 atom stereocenters. The van der Waals surface area contributed by atoms with E-state index in [2.05, 4.69) is 36.1 Å². The van der Waals surface area contributed by atoms with Crippen molar-refractivity contribution in [3.8, 4) is 11.4 Å².